The molecule has 6 fully saturated rings. The second-order valence-electron chi connectivity index (χ2n) is 13.9. The first-order chi connectivity index (χ1) is 19.2. The number of hydrogen-bond donors (Lipinski definition) is 3. The smallest absolute Gasteiger partial charge is 0.303 e. The maximum absolute atomic E-state index is 15.0. The van der Waals surface area contributed by atoms with Crippen molar-refractivity contribution in [1.29, 1.82) is 0 Å². The third kappa shape index (κ3) is 2.85. The van der Waals surface area contributed by atoms with E-state index in [-0.39, 0.29) is 31.5 Å². The van der Waals surface area contributed by atoms with Gasteiger partial charge in [0.25, 0.3) is 0 Å². The molecule has 3 N–H and O–H groups in total. The lowest BCUT2D eigenvalue weighted by molar-refractivity contribution is -0.373. The van der Waals surface area contributed by atoms with Crippen LogP contribution in [-0.2, 0) is 33.3 Å². The average molecular weight is 575 g/mol. The van der Waals surface area contributed by atoms with Crippen LogP contribution in [0, 0.1) is 33.5 Å². The van der Waals surface area contributed by atoms with Gasteiger partial charge in [-0.05, 0) is 30.4 Å². The van der Waals surface area contributed by atoms with E-state index in [0.29, 0.717) is 6.42 Å². The van der Waals surface area contributed by atoms with Crippen molar-refractivity contribution in [2.24, 2.45) is 33.5 Å². The molecule has 1 spiro atoms. The zero-order valence-corrected chi connectivity index (χ0v) is 23.9. The fourth-order valence-corrected chi connectivity index (χ4v) is 11.0. The molecule has 3 heterocycles. The molecule has 1 aromatic heterocycles. The number of carbonyl (C=O) groups is 3. The number of carbonyl (C=O) groups excluding carboxylic acids is 3. The number of aliphatic hydroxyl groups is 3. The van der Waals surface area contributed by atoms with Crippen LogP contribution < -0.4 is 0 Å². The van der Waals surface area contributed by atoms with Gasteiger partial charge in [-0.25, -0.2) is 0 Å². The molecule has 14 atom stereocenters. The topological polar surface area (TPSA) is 165 Å². The van der Waals surface area contributed by atoms with Gasteiger partial charge in [0.2, 0.25) is 0 Å². The highest BCUT2D eigenvalue weighted by Crippen LogP contribution is 2.82. The molecule has 4 aliphatic carbocycles. The van der Waals surface area contributed by atoms with E-state index in [1.54, 1.807) is 19.5 Å². The fourth-order valence-electron chi connectivity index (χ4n) is 11.0. The van der Waals surface area contributed by atoms with E-state index in [1.165, 1.54) is 13.8 Å². The molecule has 2 saturated heterocycles. The summed E-state index contributed by atoms with van der Waals surface area (Å²) in [5, 5.41) is 35.4. The molecule has 2 aliphatic heterocycles. The number of esters is 2. The van der Waals surface area contributed by atoms with E-state index in [0.717, 1.165) is 5.56 Å². The molecule has 0 amide bonds. The van der Waals surface area contributed by atoms with Crippen LogP contribution in [0.1, 0.15) is 65.4 Å². The molecule has 4 saturated carbocycles. The molecular formula is C30H38O11. The van der Waals surface area contributed by atoms with Crippen molar-refractivity contribution >= 4 is 17.7 Å². The Kier molecular flexibility index (Phi) is 5.50. The molecule has 1 aromatic rings. The molecule has 1 unspecified atom stereocenters. The zero-order valence-electron chi connectivity index (χ0n) is 23.9. The Morgan fingerprint density at radius 1 is 0.976 bits per heavy atom. The average Bonchev–Trinajstić information content (AvgIpc) is 3.26. The molecule has 6 aliphatic rings. The number of ketones is 1. The summed E-state index contributed by atoms with van der Waals surface area (Å²) in [6, 6.07) is 1.84. The Bertz CT molecular complexity index is 1310. The molecule has 7 rings (SSSR count). The number of furan rings is 1. The van der Waals surface area contributed by atoms with Gasteiger partial charge in [0.05, 0.1) is 48.3 Å². The second-order valence-corrected chi connectivity index (χ2v) is 13.9. The Morgan fingerprint density at radius 3 is 2.32 bits per heavy atom. The van der Waals surface area contributed by atoms with Crippen LogP contribution in [-0.4, -0.2) is 82.1 Å². The minimum Gasteiger partial charge on any atom is -0.472 e. The summed E-state index contributed by atoms with van der Waals surface area (Å²) in [6.45, 7) is 7.85. The Labute approximate surface area is 237 Å². The van der Waals surface area contributed by atoms with Crippen LogP contribution in [0.15, 0.2) is 23.0 Å². The first kappa shape index (κ1) is 27.5. The summed E-state index contributed by atoms with van der Waals surface area (Å²) < 4.78 is 29.5. The van der Waals surface area contributed by atoms with E-state index in [2.05, 4.69) is 0 Å². The van der Waals surface area contributed by atoms with E-state index in [9.17, 15) is 24.9 Å². The van der Waals surface area contributed by atoms with Crippen molar-refractivity contribution in [2.45, 2.75) is 102 Å². The van der Waals surface area contributed by atoms with Crippen LogP contribution >= 0.6 is 0 Å². The monoisotopic (exact) mass is 574 g/mol. The maximum Gasteiger partial charge on any atom is 0.303 e. The number of Topliss-reactive ketones (excluding diaryl/α,β-unsaturated/α-hetero) is 1. The van der Waals surface area contributed by atoms with Crippen LogP contribution in [0.4, 0.5) is 0 Å². The lowest BCUT2D eigenvalue weighted by Crippen LogP contribution is -2.82. The highest BCUT2D eigenvalue weighted by molar-refractivity contribution is 5.93. The zero-order chi connectivity index (χ0) is 29.5. The Balaban J connectivity index is 1.44. The molecule has 0 radical (unpaired) electrons. The van der Waals surface area contributed by atoms with Crippen molar-refractivity contribution in [2.75, 3.05) is 6.61 Å². The third-order valence-corrected chi connectivity index (χ3v) is 12.6. The number of epoxide rings is 1. The Hall–Kier alpha value is -2.31. The molecule has 224 valence electrons. The van der Waals surface area contributed by atoms with E-state index in [1.807, 2.05) is 19.9 Å². The van der Waals surface area contributed by atoms with E-state index in [4.69, 9.17) is 23.4 Å². The van der Waals surface area contributed by atoms with E-state index < -0.39 is 87.5 Å². The molecule has 11 heteroatoms. The largest absolute Gasteiger partial charge is 0.472 e. The highest BCUT2D eigenvalue weighted by Gasteiger charge is 2.92. The van der Waals surface area contributed by atoms with E-state index >= 15 is 4.79 Å². The van der Waals surface area contributed by atoms with Crippen molar-refractivity contribution in [3.8, 4) is 0 Å². The van der Waals surface area contributed by atoms with Gasteiger partial charge < -0.3 is 38.7 Å². The summed E-state index contributed by atoms with van der Waals surface area (Å²) in [5.74, 6) is -3.56. The van der Waals surface area contributed by atoms with Gasteiger partial charge >= 0.3 is 11.9 Å². The molecule has 2 bridgehead atoms. The van der Waals surface area contributed by atoms with Crippen LogP contribution in [0.3, 0.4) is 0 Å². The van der Waals surface area contributed by atoms with Gasteiger partial charge in [0, 0.05) is 42.9 Å². The number of aliphatic hydroxyl groups excluding tert-OH is 3. The predicted molar refractivity (Wildman–Crippen MR) is 137 cm³/mol. The summed E-state index contributed by atoms with van der Waals surface area (Å²) in [4.78, 5) is 39.7. The van der Waals surface area contributed by atoms with Gasteiger partial charge in [-0.2, -0.15) is 0 Å². The van der Waals surface area contributed by atoms with Gasteiger partial charge in [-0.3, -0.25) is 14.4 Å². The number of fused-ring (bicyclic) bond motifs is 1. The van der Waals surface area contributed by atoms with Gasteiger partial charge in [-0.1, -0.05) is 20.8 Å². The number of rotatable bonds is 3. The van der Waals surface area contributed by atoms with Gasteiger partial charge in [0.15, 0.2) is 18.2 Å². The standard InChI is InChI=1S/C30H38O11/c1-13(31)39-20-10-19(34)29-12-38-25(36)26(20,3)17(29)9-18(33)28(5)23(29)22(35)24(40-14(2)32)27(4)16(15-6-7-37-11-15)8-21-30(27,28)41-21/h6-7,11,16-21,23-25,33-34,36H,8-10,12H2,1-5H3/t16-,17-,18+,19-,20+,21+,23-,24-,25+,26?,27+,28+,29+,30+/m0/s1. The first-order valence-electron chi connectivity index (χ1n) is 14.5. The van der Waals surface area contributed by atoms with Crippen molar-refractivity contribution in [3.63, 3.8) is 0 Å². The minimum absolute atomic E-state index is 0.0205. The van der Waals surface area contributed by atoms with Crippen LogP contribution in [0.2, 0.25) is 0 Å². The van der Waals surface area contributed by atoms with Crippen LogP contribution in [0.25, 0.3) is 0 Å². The van der Waals surface area contributed by atoms with Crippen molar-refractivity contribution in [3.05, 3.63) is 24.2 Å². The third-order valence-electron chi connectivity index (χ3n) is 12.6. The number of ether oxygens (including phenoxy) is 4. The fraction of sp³-hybridized carbons (Fsp3) is 0.767. The maximum atomic E-state index is 15.0. The molecule has 41 heavy (non-hydrogen) atoms. The Morgan fingerprint density at radius 2 is 1.68 bits per heavy atom. The number of hydrogen-bond acceptors (Lipinski definition) is 11. The summed E-state index contributed by atoms with van der Waals surface area (Å²) in [6.07, 6.45) is -2.27. The predicted octanol–water partition coefficient (Wildman–Crippen LogP) is 1.47. The quantitative estimate of drug-likeness (QED) is 0.354. The minimum atomic E-state index is -1.36. The van der Waals surface area contributed by atoms with Crippen molar-refractivity contribution < 1.29 is 53.1 Å². The summed E-state index contributed by atoms with van der Waals surface area (Å²) in [7, 11) is 0. The first-order valence-corrected chi connectivity index (χ1v) is 14.5. The van der Waals surface area contributed by atoms with Crippen molar-refractivity contribution in [1.82, 2.24) is 0 Å². The van der Waals surface area contributed by atoms with Gasteiger partial charge in [0.1, 0.15) is 11.7 Å². The molecule has 11 nitrogen and oxygen atoms in total. The summed E-state index contributed by atoms with van der Waals surface area (Å²) in [5.41, 5.74) is -4.93. The lowest BCUT2D eigenvalue weighted by Gasteiger charge is -2.73. The highest BCUT2D eigenvalue weighted by atomic mass is 16.6. The van der Waals surface area contributed by atoms with Gasteiger partial charge in [-0.15, -0.1) is 0 Å². The normalized spacial score (nSPS) is 54.7. The van der Waals surface area contributed by atoms with Crippen LogP contribution in [0.5, 0.6) is 0 Å². The SMILES string of the molecule is CC(=O)O[C@@H]1C[C@H](O)[C@@]23CO[C@@H](O)C1(C)[C@@H]2C[C@@H](O)[C@]1(C)[C@@H]3C(=O)[C@H](OC(C)=O)[C@@]2(C)[C@H](c3ccoc3)C[C@H]3O[C@]321. The second kappa shape index (κ2) is 8.19. The lowest BCUT2D eigenvalue weighted by atomic mass is 9.33. The molecule has 0 aromatic carbocycles. The summed E-state index contributed by atoms with van der Waals surface area (Å²) >= 11 is 0. The molecular weight excluding hydrogens is 536 g/mol.